The lowest BCUT2D eigenvalue weighted by molar-refractivity contribution is -0.384. The van der Waals surface area contributed by atoms with Gasteiger partial charge in [-0.05, 0) is 75.6 Å². The highest BCUT2D eigenvalue weighted by molar-refractivity contribution is 9.10. The summed E-state index contributed by atoms with van der Waals surface area (Å²) in [5, 5.41) is 13.7. The number of hydrogen-bond acceptors (Lipinski definition) is 5. The zero-order valence-corrected chi connectivity index (χ0v) is 19.2. The number of ether oxygens (including phenoxy) is 1. The van der Waals surface area contributed by atoms with Crippen molar-refractivity contribution in [1.82, 2.24) is 5.32 Å². The minimum Gasteiger partial charge on any atom is -0.488 e. The standard InChI is InChI=1S/C23H15BrClN3O5/c24-19-10-15(6-9-21(19)33-13-14-4-7-17(8-5-14)28(31)32)11-20-22(29)27(23(30)26-20)18-3-1-2-16(25)12-18/h1-12H,13H2,(H,26,30)/b20-11+. The summed E-state index contributed by atoms with van der Waals surface area (Å²) in [6.45, 7) is 0.222. The Hall–Kier alpha value is -3.69. The molecule has 10 heteroatoms. The van der Waals surface area contributed by atoms with Crippen LogP contribution in [0.1, 0.15) is 11.1 Å². The summed E-state index contributed by atoms with van der Waals surface area (Å²) in [6.07, 6.45) is 1.57. The number of amides is 3. The van der Waals surface area contributed by atoms with Gasteiger partial charge in [0.1, 0.15) is 18.1 Å². The van der Waals surface area contributed by atoms with Crippen molar-refractivity contribution in [3.05, 3.63) is 103 Å². The van der Waals surface area contributed by atoms with Gasteiger partial charge in [0, 0.05) is 17.2 Å². The van der Waals surface area contributed by atoms with E-state index >= 15 is 0 Å². The van der Waals surface area contributed by atoms with Gasteiger partial charge in [0.15, 0.2) is 0 Å². The number of nitro groups is 1. The Morgan fingerprint density at radius 1 is 1.09 bits per heavy atom. The van der Waals surface area contributed by atoms with Gasteiger partial charge in [0.25, 0.3) is 11.6 Å². The van der Waals surface area contributed by atoms with Crippen LogP contribution >= 0.6 is 27.5 Å². The minimum atomic E-state index is -0.560. The second-order valence-corrected chi connectivity index (χ2v) is 8.30. The summed E-state index contributed by atoms with van der Waals surface area (Å²) in [5.74, 6) is 0.0646. The second-order valence-electron chi connectivity index (χ2n) is 7.01. The van der Waals surface area contributed by atoms with Crippen molar-refractivity contribution in [2.75, 3.05) is 4.90 Å². The number of anilines is 1. The molecule has 1 heterocycles. The van der Waals surface area contributed by atoms with E-state index in [-0.39, 0.29) is 18.0 Å². The van der Waals surface area contributed by atoms with E-state index in [1.807, 2.05) is 0 Å². The molecule has 8 nitrogen and oxygen atoms in total. The van der Waals surface area contributed by atoms with E-state index in [1.165, 1.54) is 18.2 Å². The minimum absolute atomic E-state index is 0.0137. The molecular formula is C23H15BrClN3O5. The highest BCUT2D eigenvalue weighted by atomic mass is 79.9. The Balaban J connectivity index is 1.47. The summed E-state index contributed by atoms with van der Waals surface area (Å²) >= 11 is 9.42. The number of nitrogens with one attached hydrogen (secondary N) is 1. The molecule has 1 aliphatic rings. The van der Waals surface area contributed by atoms with Crippen LogP contribution in [0.2, 0.25) is 5.02 Å². The fraction of sp³-hybridized carbons (Fsp3) is 0.0435. The Morgan fingerprint density at radius 2 is 1.85 bits per heavy atom. The first-order valence-electron chi connectivity index (χ1n) is 9.60. The topological polar surface area (TPSA) is 102 Å². The van der Waals surface area contributed by atoms with Crippen molar-refractivity contribution >= 4 is 56.9 Å². The van der Waals surface area contributed by atoms with E-state index in [9.17, 15) is 19.7 Å². The van der Waals surface area contributed by atoms with Crippen LogP contribution in [0.15, 0.2) is 76.9 Å². The third kappa shape index (κ3) is 5.05. The van der Waals surface area contributed by atoms with Gasteiger partial charge < -0.3 is 10.1 Å². The van der Waals surface area contributed by atoms with Crippen molar-refractivity contribution in [3.8, 4) is 5.75 Å². The molecule has 0 saturated carbocycles. The van der Waals surface area contributed by atoms with Gasteiger partial charge >= 0.3 is 6.03 Å². The molecule has 0 atom stereocenters. The summed E-state index contributed by atoms with van der Waals surface area (Å²) in [5.41, 5.74) is 1.97. The highest BCUT2D eigenvalue weighted by Crippen LogP contribution is 2.29. The van der Waals surface area contributed by atoms with Crippen LogP contribution in [0.5, 0.6) is 5.75 Å². The van der Waals surface area contributed by atoms with Crippen LogP contribution in [0.4, 0.5) is 16.2 Å². The first-order valence-corrected chi connectivity index (χ1v) is 10.8. The molecule has 0 aliphatic carbocycles. The third-order valence-electron chi connectivity index (χ3n) is 4.75. The number of benzene rings is 3. The fourth-order valence-electron chi connectivity index (χ4n) is 3.15. The maximum absolute atomic E-state index is 12.8. The van der Waals surface area contributed by atoms with Crippen LogP contribution in [-0.4, -0.2) is 16.9 Å². The first kappa shape index (κ1) is 22.5. The van der Waals surface area contributed by atoms with Gasteiger partial charge in [0.2, 0.25) is 0 Å². The maximum atomic E-state index is 12.8. The second kappa shape index (κ2) is 9.43. The van der Waals surface area contributed by atoms with Crippen LogP contribution in [-0.2, 0) is 11.4 Å². The summed E-state index contributed by atoms with van der Waals surface area (Å²) < 4.78 is 6.42. The average molecular weight is 529 g/mol. The van der Waals surface area contributed by atoms with Gasteiger partial charge in [-0.3, -0.25) is 14.9 Å². The van der Waals surface area contributed by atoms with Crippen molar-refractivity contribution in [2.45, 2.75) is 6.61 Å². The zero-order chi connectivity index (χ0) is 23.5. The number of non-ortho nitro benzene ring substituents is 1. The molecule has 0 spiro atoms. The molecule has 33 heavy (non-hydrogen) atoms. The molecule has 1 N–H and O–H groups in total. The lowest BCUT2D eigenvalue weighted by atomic mass is 10.1. The molecule has 0 unspecified atom stereocenters. The number of halogens is 2. The molecule has 0 radical (unpaired) electrons. The quantitative estimate of drug-likeness (QED) is 0.192. The normalized spacial score (nSPS) is 14.5. The smallest absolute Gasteiger partial charge is 0.333 e. The van der Waals surface area contributed by atoms with Crippen LogP contribution in [0.3, 0.4) is 0 Å². The molecule has 3 aromatic rings. The number of nitro benzene ring substituents is 1. The summed E-state index contributed by atoms with van der Waals surface area (Å²) in [6, 6.07) is 17.2. The average Bonchev–Trinajstić information content (AvgIpc) is 3.06. The number of carbonyl (C=O) groups is 2. The predicted octanol–water partition coefficient (Wildman–Crippen LogP) is 5.69. The Labute approximate surface area is 201 Å². The maximum Gasteiger partial charge on any atom is 0.333 e. The molecule has 0 bridgehead atoms. The molecule has 3 amide bonds. The number of imide groups is 1. The number of hydrogen-bond donors (Lipinski definition) is 1. The molecule has 1 saturated heterocycles. The van der Waals surface area contributed by atoms with Crippen LogP contribution in [0, 0.1) is 10.1 Å². The largest absolute Gasteiger partial charge is 0.488 e. The third-order valence-corrected chi connectivity index (χ3v) is 5.61. The van der Waals surface area contributed by atoms with Gasteiger partial charge in [-0.15, -0.1) is 0 Å². The zero-order valence-electron chi connectivity index (χ0n) is 16.8. The van der Waals surface area contributed by atoms with E-state index in [4.69, 9.17) is 16.3 Å². The monoisotopic (exact) mass is 527 g/mol. The van der Waals surface area contributed by atoms with Gasteiger partial charge in [-0.25, -0.2) is 9.69 Å². The van der Waals surface area contributed by atoms with Crippen molar-refractivity contribution in [3.63, 3.8) is 0 Å². The number of rotatable bonds is 6. The SMILES string of the molecule is O=C1N/C(=C/c2ccc(OCc3ccc([N+](=O)[O-])cc3)c(Br)c2)C(=O)N1c1cccc(Cl)c1. The Kier molecular flexibility index (Phi) is 6.43. The summed E-state index contributed by atoms with van der Waals surface area (Å²) in [7, 11) is 0. The van der Waals surface area contributed by atoms with Crippen molar-refractivity contribution in [2.24, 2.45) is 0 Å². The van der Waals surface area contributed by atoms with E-state index in [1.54, 1.807) is 54.6 Å². The van der Waals surface area contributed by atoms with Crippen LogP contribution in [0.25, 0.3) is 6.08 Å². The van der Waals surface area contributed by atoms with Gasteiger partial charge in [-0.2, -0.15) is 0 Å². The molecule has 166 valence electrons. The lowest BCUT2D eigenvalue weighted by Gasteiger charge is -2.11. The molecule has 1 fully saturated rings. The van der Waals surface area contributed by atoms with Crippen molar-refractivity contribution in [1.29, 1.82) is 0 Å². The number of nitrogens with zero attached hydrogens (tertiary/aromatic N) is 2. The highest BCUT2D eigenvalue weighted by Gasteiger charge is 2.34. The Morgan fingerprint density at radius 3 is 2.52 bits per heavy atom. The van der Waals surface area contributed by atoms with Crippen LogP contribution < -0.4 is 15.0 Å². The number of urea groups is 1. The van der Waals surface area contributed by atoms with Gasteiger partial charge in [-0.1, -0.05) is 23.7 Å². The van der Waals surface area contributed by atoms with E-state index in [0.29, 0.717) is 26.5 Å². The molecule has 3 aromatic carbocycles. The van der Waals surface area contributed by atoms with E-state index in [0.717, 1.165) is 10.5 Å². The summed E-state index contributed by atoms with van der Waals surface area (Å²) in [4.78, 5) is 36.4. The molecule has 0 aromatic heterocycles. The lowest BCUT2D eigenvalue weighted by Crippen LogP contribution is -2.30. The van der Waals surface area contributed by atoms with E-state index < -0.39 is 16.9 Å². The fourth-order valence-corrected chi connectivity index (χ4v) is 3.85. The van der Waals surface area contributed by atoms with Crippen molar-refractivity contribution < 1.29 is 19.2 Å². The molecular weight excluding hydrogens is 514 g/mol. The molecule has 4 rings (SSSR count). The van der Waals surface area contributed by atoms with E-state index in [2.05, 4.69) is 21.2 Å². The Bertz CT molecular complexity index is 1290. The number of carbonyl (C=O) groups excluding carboxylic acids is 2. The van der Waals surface area contributed by atoms with Gasteiger partial charge in [0.05, 0.1) is 15.1 Å². The predicted molar refractivity (Wildman–Crippen MR) is 127 cm³/mol. The first-order chi connectivity index (χ1) is 15.8. The molecule has 1 aliphatic heterocycles.